The van der Waals surface area contributed by atoms with Crippen molar-refractivity contribution in [1.82, 2.24) is 10.6 Å². The Labute approximate surface area is 130 Å². The number of nitrogens with zero attached hydrogens (tertiary/aromatic N) is 1. The van der Waals surface area contributed by atoms with Gasteiger partial charge in [0.05, 0.1) is 10.5 Å². The van der Waals surface area contributed by atoms with E-state index in [1.54, 1.807) is 0 Å². The summed E-state index contributed by atoms with van der Waals surface area (Å²) in [7, 11) is 0. The molecule has 0 bridgehead atoms. The van der Waals surface area contributed by atoms with Crippen LogP contribution in [0, 0.1) is 10.1 Å². The highest BCUT2D eigenvalue weighted by Gasteiger charge is 2.38. The Morgan fingerprint density at radius 1 is 1.43 bits per heavy atom. The van der Waals surface area contributed by atoms with Gasteiger partial charge in [0.15, 0.2) is 0 Å². The molecule has 9 nitrogen and oxygen atoms in total. The first-order valence-corrected chi connectivity index (χ1v) is 6.88. The number of rotatable bonds is 4. The van der Waals surface area contributed by atoms with Gasteiger partial charge in [0, 0.05) is 12.6 Å². The summed E-state index contributed by atoms with van der Waals surface area (Å²) in [6.07, 6.45) is 1.05. The summed E-state index contributed by atoms with van der Waals surface area (Å²) in [5.41, 5.74) is -2.92. The van der Waals surface area contributed by atoms with E-state index >= 15 is 0 Å². The molecule has 3 N–H and O–H groups in total. The van der Waals surface area contributed by atoms with Gasteiger partial charge in [-0.15, -0.1) is 0 Å². The highest BCUT2D eigenvalue weighted by atomic mass is 16.6. The van der Waals surface area contributed by atoms with Crippen molar-refractivity contribution in [3.05, 3.63) is 39.4 Å². The number of carbonyl (C=O) groups excluding carboxylic acids is 2. The van der Waals surface area contributed by atoms with Gasteiger partial charge < -0.3 is 15.7 Å². The smallest absolute Gasteiger partial charge is 0.343 e. The fourth-order valence-corrected chi connectivity index (χ4v) is 2.50. The second kappa shape index (κ2) is 6.03. The number of carboxylic acids is 1. The minimum absolute atomic E-state index is 0.355. The standard InChI is InChI=1S/C14H15N3O6/c1-14(6-3-7-15-13(14)21)16-11(18)8-4-2-5-9(17(22)23)10(8)12(19)20/h2,4-5H,3,6-7H2,1H3,(H,15,21)(H,16,18)(H,19,20)/t14-/m1/s1. The van der Waals surface area contributed by atoms with Crippen molar-refractivity contribution in [2.45, 2.75) is 25.3 Å². The van der Waals surface area contributed by atoms with Crippen molar-refractivity contribution in [3.63, 3.8) is 0 Å². The Balaban J connectivity index is 2.40. The highest BCUT2D eigenvalue weighted by molar-refractivity contribution is 6.08. The summed E-state index contributed by atoms with van der Waals surface area (Å²) in [4.78, 5) is 45.7. The van der Waals surface area contributed by atoms with E-state index in [1.165, 1.54) is 19.1 Å². The van der Waals surface area contributed by atoms with Crippen LogP contribution in [-0.2, 0) is 4.79 Å². The van der Waals surface area contributed by atoms with E-state index in [4.69, 9.17) is 0 Å². The zero-order valence-electron chi connectivity index (χ0n) is 12.3. The molecule has 0 aliphatic carbocycles. The van der Waals surface area contributed by atoms with Crippen LogP contribution in [0.5, 0.6) is 0 Å². The van der Waals surface area contributed by atoms with Gasteiger partial charge in [0.1, 0.15) is 11.1 Å². The third-order valence-electron chi connectivity index (χ3n) is 3.73. The van der Waals surface area contributed by atoms with Gasteiger partial charge >= 0.3 is 5.97 Å². The molecule has 0 saturated carbocycles. The maximum absolute atomic E-state index is 12.4. The van der Waals surface area contributed by atoms with Crippen molar-refractivity contribution in [3.8, 4) is 0 Å². The molecule has 122 valence electrons. The number of hydrogen-bond donors (Lipinski definition) is 3. The Kier molecular flexibility index (Phi) is 4.30. The number of nitro benzene ring substituents is 1. The number of nitrogens with one attached hydrogen (secondary N) is 2. The normalized spacial score (nSPS) is 20.5. The van der Waals surface area contributed by atoms with Gasteiger partial charge in [-0.05, 0) is 25.8 Å². The van der Waals surface area contributed by atoms with Crippen LogP contribution in [-0.4, -0.2) is 39.9 Å². The van der Waals surface area contributed by atoms with Crippen molar-refractivity contribution in [2.24, 2.45) is 0 Å². The highest BCUT2D eigenvalue weighted by Crippen LogP contribution is 2.24. The second-order valence-corrected chi connectivity index (χ2v) is 5.41. The average molecular weight is 321 g/mol. The summed E-state index contributed by atoms with van der Waals surface area (Å²) in [6, 6.07) is 3.41. The molecule has 0 aromatic heterocycles. The Bertz CT molecular complexity index is 702. The van der Waals surface area contributed by atoms with Crippen LogP contribution in [0.2, 0.25) is 0 Å². The molecule has 23 heavy (non-hydrogen) atoms. The SMILES string of the molecule is C[C@@]1(NC(=O)c2cccc([N+](=O)[O-])c2C(=O)O)CCCNC1=O. The van der Waals surface area contributed by atoms with Crippen LogP contribution in [0.25, 0.3) is 0 Å². The molecule has 1 atom stereocenters. The molecule has 0 radical (unpaired) electrons. The van der Waals surface area contributed by atoms with Crippen molar-refractivity contribution < 1.29 is 24.4 Å². The fraction of sp³-hybridized carbons (Fsp3) is 0.357. The van der Waals surface area contributed by atoms with E-state index in [0.717, 1.165) is 6.07 Å². The first-order valence-electron chi connectivity index (χ1n) is 6.88. The number of aromatic carboxylic acids is 1. The van der Waals surface area contributed by atoms with Crippen LogP contribution >= 0.6 is 0 Å². The van der Waals surface area contributed by atoms with Gasteiger partial charge in [-0.25, -0.2) is 4.79 Å². The van der Waals surface area contributed by atoms with Crippen LogP contribution < -0.4 is 10.6 Å². The Morgan fingerprint density at radius 2 is 2.13 bits per heavy atom. The van der Waals surface area contributed by atoms with E-state index in [-0.39, 0.29) is 11.5 Å². The molecule has 1 aromatic carbocycles. The lowest BCUT2D eigenvalue weighted by atomic mass is 9.90. The number of carboxylic acid groups (broad SMARTS) is 1. The first-order chi connectivity index (χ1) is 10.8. The predicted octanol–water partition coefficient (Wildman–Crippen LogP) is 0.692. The van der Waals surface area contributed by atoms with Crippen LogP contribution in [0.15, 0.2) is 18.2 Å². The molecule has 1 aliphatic rings. The number of piperidine rings is 1. The molecular formula is C14H15N3O6. The summed E-state index contributed by atoms with van der Waals surface area (Å²) >= 11 is 0. The van der Waals surface area contributed by atoms with Gasteiger partial charge in [-0.3, -0.25) is 19.7 Å². The average Bonchev–Trinajstić information content (AvgIpc) is 2.49. The predicted molar refractivity (Wildman–Crippen MR) is 78.2 cm³/mol. The maximum atomic E-state index is 12.4. The number of amides is 2. The number of benzene rings is 1. The molecule has 0 unspecified atom stereocenters. The zero-order valence-corrected chi connectivity index (χ0v) is 12.3. The third kappa shape index (κ3) is 3.12. The minimum Gasteiger partial charge on any atom is -0.477 e. The Hall–Kier alpha value is -2.97. The molecule has 1 saturated heterocycles. The van der Waals surface area contributed by atoms with Gasteiger partial charge in [-0.1, -0.05) is 6.07 Å². The van der Waals surface area contributed by atoms with E-state index in [9.17, 15) is 29.6 Å². The molecule has 9 heteroatoms. The molecule has 2 amide bonds. The van der Waals surface area contributed by atoms with Crippen molar-refractivity contribution in [2.75, 3.05) is 6.54 Å². The molecule has 0 spiro atoms. The Morgan fingerprint density at radius 3 is 2.70 bits per heavy atom. The van der Waals surface area contributed by atoms with E-state index < -0.39 is 33.6 Å². The maximum Gasteiger partial charge on any atom is 0.343 e. The molecule has 1 heterocycles. The summed E-state index contributed by atoms with van der Waals surface area (Å²) < 4.78 is 0. The molecule has 1 aromatic rings. The first kappa shape index (κ1) is 16.4. The quantitative estimate of drug-likeness (QED) is 0.551. The molecule has 1 aliphatic heterocycles. The second-order valence-electron chi connectivity index (χ2n) is 5.41. The number of nitro groups is 1. The van der Waals surface area contributed by atoms with Crippen molar-refractivity contribution in [1.29, 1.82) is 0 Å². The topological polar surface area (TPSA) is 139 Å². The molecular weight excluding hydrogens is 306 g/mol. The lowest BCUT2D eigenvalue weighted by Gasteiger charge is -2.33. The fourth-order valence-electron chi connectivity index (χ4n) is 2.50. The third-order valence-corrected chi connectivity index (χ3v) is 3.73. The molecule has 2 rings (SSSR count). The summed E-state index contributed by atoms with van der Waals surface area (Å²) in [5.74, 6) is -2.80. The van der Waals surface area contributed by atoms with E-state index in [0.29, 0.717) is 19.4 Å². The van der Waals surface area contributed by atoms with Gasteiger partial charge in [0.2, 0.25) is 5.91 Å². The van der Waals surface area contributed by atoms with E-state index in [2.05, 4.69) is 10.6 Å². The molecule has 1 fully saturated rings. The lowest BCUT2D eigenvalue weighted by Crippen LogP contribution is -2.59. The van der Waals surface area contributed by atoms with Crippen LogP contribution in [0.1, 0.15) is 40.5 Å². The van der Waals surface area contributed by atoms with Crippen molar-refractivity contribution >= 4 is 23.5 Å². The number of hydrogen-bond acceptors (Lipinski definition) is 5. The van der Waals surface area contributed by atoms with Crippen LogP contribution in [0.3, 0.4) is 0 Å². The number of carbonyl (C=O) groups is 3. The zero-order chi connectivity index (χ0) is 17.2. The lowest BCUT2D eigenvalue weighted by molar-refractivity contribution is -0.385. The van der Waals surface area contributed by atoms with Gasteiger partial charge in [-0.2, -0.15) is 0 Å². The summed E-state index contributed by atoms with van der Waals surface area (Å²) in [6.45, 7) is 2.03. The monoisotopic (exact) mass is 321 g/mol. The van der Waals surface area contributed by atoms with E-state index in [1.807, 2.05) is 0 Å². The van der Waals surface area contributed by atoms with Gasteiger partial charge in [0.25, 0.3) is 11.6 Å². The summed E-state index contributed by atoms with van der Waals surface area (Å²) in [5, 5.41) is 25.3. The largest absolute Gasteiger partial charge is 0.477 e. The van der Waals surface area contributed by atoms with Crippen LogP contribution in [0.4, 0.5) is 5.69 Å². The minimum atomic E-state index is -1.58.